The van der Waals surface area contributed by atoms with Crippen molar-refractivity contribution in [2.24, 2.45) is 0 Å². The summed E-state index contributed by atoms with van der Waals surface area (Å²) < 4.78 is 5.89. The Morgan fingerprint density at radius 3 is 2.40 bits per heavy atom. The van der Waals surface area contributed by atoms with Crippen LogP contribution in [0.25, 0.3) is 0 Å². The standard InChI is InChI=1S/C21H38N2O2/c1-7-23(8-2)13-9-10-18(5)22-14-20(24)15-25-21-17(4)12-11-16(3)19(21)6/h11-12,18,20,22,24H,7-10,13-15H2,1-6H3/t18-,20+/m1/s1. The lowest BCUT2D eigenvalue weighted by atomic mass is 10.1. The summed E-state index contributed by atoms with van der Waals surface area (Å²) in [5.41, 5.74) is 3.49. The molecule has 4 heteroatoms. The number of aryl methyl sites for hydroxylation is 2. The highest BCUT2D eigenvalue weighted by Gasteiger charge is 2.11. The molecule has 0 aliphatic heterocycles. The van der Waals surface area contributed by atoms with Gasteiger partial charge < -0.3 is 20.1 Å². The zero-order valence-corrected chi connectivity index (χ0v) is 17.1. The molecule has 4 nitrogen and oxygen atoms in total. The van der Waals surface area contributed by atoms with Crippen molar-refractivity contribution < 1.29 is 9.84 Å². The minimum absolute atomic E-state index is 0.324. The van der Waals surface area contributed by atoms with Gasteiger partial charge in [0, 0.05) is 12.6 Å². The van der Waals surface area contributed by atoms with E-state index in [1.54, 1.807) is 0 Å². The minimum Gasteiger partial charge on any atom is -0.490 e. The Hall–Kier alpha value is -1.10. The van der Waals surface area contributed by atoms with Crippen LogP contribution in [0.15, 0.2) is 12.1 Å². The Morgan fingerprint density at radius 1 is 1.12 bits per heavy atom. The van der Waals surface area contributed by atoms with Crippen LogP contribution >= 0.6 is 0 Å². The number of hydrogen-bond donors (Lipinski definition) is 2. The Bertz CT molecular complexity index is 501. The molecule has 0 saturated carbocycles. The van der Waals surface area contributed by atoms with Gasteiger partial charge in [-0.1, -0.05) is 26.0 Å². The molecule has 0 unspecified atom stereocenters. The number of nitrogens with zero attached hydrogens (tertiary/aromatic N) is 1. The van der Waals surface area contributed by atoms with Gasteiger partial charge in [-0.05, 0) is 76.9 Å². The highest BCUT2D eigenvalue weighted by molar-refractivity contribution is 5.44. The Kier molecular flexibility index (Phi) is 10.1. The molecule has 2 atom stereocenters. The van der Waals surface area contributed by atoms with Crippen molar-refractivity contribution in [2.75, 3.05) is 32.8 Å². The predicted octanol–water partition coefficient (Wildman–Crippen LogP) is 3.45. The van der Waals surface area contributed by atoms with E-state index in [1.165, 1.54) is 12.0 Å². The first kappa shape index (κ1) is 21.9. The summed E-state index contributed by atoms with van der Waals surface area (Å²) in [4.78, 5) is 2.45. The SMILES string of the molecule is CCN(CC)CCC[C@@H](C)NC[C@H](O)COc1c(C)ccc(C)c1C. The molecule has 0 aliphatic rings. The van der Waals surface area contributed by atoms with E-state index in [4.69, 9.17) is 4.74 Å². The van der Waals surface area contributed by atoms with E-state index < -0.39 is 6.10 Å². The summed E-state index contributed by atoms with van der Waals surface area (Å²) >= 11 is 0. The molecular weight excluding hydrogens is 312 g/mol. The first-order valence-corrected chi connectivity index (χ1v) is 9.72. The monoisotopic (exact) mass is 350 g/mol. The van der Waals surface area contributed by atoms with Crippen LogP contribution in [0.2, 0.25) is 0 Å². The van der Waals surface area contributed by atoms with Gasteiger partial charge in [-0.25, -0.2) is 0 Å². The second-order valence-electron chi connectivity index (χ2n) is 7.10. The molecule has 0 bridgehead atoms. The van der Waals surface area contributed by atoms with E-state index in [9.17, 15) is 5.11 Å². The molecule has 1 aromatic rings. The van der Waals surface area contributed by atoms with Gasteiger partial charge in [0.1, 0.15) is 18.5 Å². The summed E-state index contributed by atoms with van der Waals surface area (Å²) in [5.74, 6) is 0.909. The molecule has 144 valence electrons. The second kappa shape index (κ2) is 11.5. The Morgan fingerprint density at radius 2 is 1.76 bits per heavy atom. The zero-order chi connectivity index (χ0) is 18.8. The number of aliphatic hydroxyl groups is 1. The average Bonchev–Trinajstić information content (AvgIpc) is 2.60. The lowest BCUT2D eigenvalue weighted by molar-refractivity contribution is 0.103. The highest BCUT2D eigenvalue weighted by Crippen LogP contribution is 2.25. The lowest BCUT2D eigenvalue weighted by Crippen LogP contribution is -2.37. The third-order valence-corrected chi connectivity index (χ3v) is 5.00. The zero-order valence-electron chi connectivity index (χ0n) is 17.1. The fourth-order valence-electron chi connectivity index (χ4n) is 2.99. The maximum Gasteiger partial charge on any atom is 0.125 e. The van der Waals surface area contributed by atoms with E-state index >= 15 is 0 Å². The van der Waals surface area contributed by atoms with Gasteiger partial charge in [0.2, 0.25) is 0 Å². The van der Waals surface area contributed by atoms with Crippen LogP contribution < -0.4 is 10.1 Å². The fraction of sp³-hybridized carbons (Fsp3) is 0.714. The van der Waals surface area contributed by atoms with Gasteiger partial charge in [-0.15, -0.1) is 0 Å². The molecule has 0 fully saturated rings. The van der Waals surface area contributed by atoms with Crippen molar-refractivity contribution >= 4 is 0 Å². The predicted molar refractivity (Wildman–Crippen MR) is 107 cm³/mol. The molecule has 0 amide bonds. The number of rotatable bonds is 12. The maximum absolute atomic E-state index is 10.2. The largest absolute Gasteiger partial charge is 0.490 e. The normalized spacial score (nSPS) is 13.9. The number of ether oxygens (including phenoxy) is 1. The summed E-state index contributed by atoms with van der Waals surface area (Å²) in [7, 11) is 0. The second-order valence-corrected chi connectivity index (χ2v) is 7.10. The Balaban J connectivity index is 2.29. The maximum atomic E-state index is 10.2. The van der Waals surface area contributed by atoms with Crippen LogP contribution in [0, 0.1) is 20.8 Å². The Labute approximate surface area is 154 Å². The van der Waals surface area contributed by atoms with E-state index in [1.807, 2.05) is 6.92 Å². The molecule has 0 spiro atoms. The van der Waals surface area contributed by atoms with Gasteiger partial charge in [-0.3, -0.25) is 0 Å². The smallest absolute Gasteiger partial charge is 0.125 e. The van der Waals surface area contributed by atoms with Crippen molar-refractivity contribution in [1.82, 2.24) is 10.2 Å². The van der Waals surface area contributed by atoms with Crippen LogP contribution in [-0.4, -0.2) is 54.9 Å². The summed E-state index contributed by atoms with van der Waals surface area (Å²) in [6, 6.07) is 4.59. The van der Waals surface area contributed by atoms with E-state index in [0.717, 1.165) is 42.9 Å². The third-order valence-electron chi connectivity index (χ3n) is 5.00. The molecular formula is C21H38N2O2. The van der Waals surface area contributed by atoms with Crippen LogP contribution in [0.4, 0.5) is 0 Å². The van der Waals surface area contributed by atoms with Crippen LogP contribution in [-0.2, 0) is 0 Å². The van der Waals surface area contributed by atoms with Gasteiger partial charge in [0.15, 0.2) is 0 Å². The first-order chi connectivity index (χ1) is 11.9. The van der Waals surface area contributed by atoms with Crippen LogP contribution in [0.1, 0.15) is 50.3 Å². The van der Waals surface area contributed by atoms with E-state index in [0.29, 0.717) is 19.2 Å². The molecule has 1 rings (SSSR count). The molecule has 25 heavy (non-hydrogen) atoms. The van der Waals surface area contributed by atoms with Crippen molar-refractivity contribution in [1.29, 1.82) is 0 Å². The quantitative estimate of drug-likeness (QED) is 0.606. The topological polar surface area (TPSA) is 44.7 Å². The molecule has 2 N–H and O–H groups in total. The van der Waals surface area contributed by atoms with Gasteiger partial charge in [-0.2, -0.15) is 0 Å². The minimum atomic E-state index is -0.496. The van der Waals surface area contributed by atoms with Gasteiger partial charge in [0.05, 0.1) is 0 Å². The average molecular weight is 351 g/mol. The highest BCUT2D eigenvalue weighted by atomic mass is 16.5. The molecule has 0 aliphatic carbocycles. The fourth-order valence-corrected chi connectivity index (χ4v) is 2.99. The van der Waals surface area contributed by atoms with Gasteiger partial charge >= 0.3 is 0 Å². The van der Waals surface area contributed by atoms with Crippen LogP contribution in [0.3, 0.4) is 0 Å². The molecule has 0 saturated heterocycles. The van der Waals surface area contributed by atoms with E-state index in [-0.39, 0.29) is 0 Å². The third kappa shape index (κ3) is 7.76. The van der Waals surface area contributed by atoms with Crippen molar-refractivity contribution in [2.45, 2.75) is 66.5 Å². The van der Waals surface area contributed by atoms with Gasteiger partial charge in [0.25, 0.3) is 0 Å². The number of aliphatic hydroxyl groups excluding tert-OH is 1. The van der Waals surface area contributed by atoms with Crippen molar-refractivity contribution in [3.05, 3.63) is 28.8 Å². The number of hydrogen-bond acceptors (Lipinski definition) is 4. The molecule has 1 aromatic carbocycles. The van der Waals surface area contributed by atoms with E-state index in [2.05, 4.69) is 57.0 Å². The summed E-state index contributed by atoms with van der Waals surface area (Å²) in [6.07, 6.45) is 1.81. The molecule has 0 aromatic heterocycles. The van der Waals surface area contributed by atoms with Crippen molar-refractivity contribution in [3.8, 4) is 5.75 Å². The number of benzene rings is 1. The number of nitrogens with one attached hydrogen (secondary N) is 1. The lowest BCUT2D eigenvalue weighted by Gasteiger charge is -2.21. The molecule has 0 radical (unpaired) electrons. The summed E-state index contributed by atoms with van der Waals surface area (Å²) in [5, 5.41) is 13.6. The first-order valence-electron chi connectivity index (χ1n) is 9.72. The van der Waals surface area contributed by atoms with Crippen molar-refractivity contribution in [3.63, 3.8) is 0 Å². The molecule has 0 heterocycles. The summed E-state index contributed by atoms with van der Waals surface area (Å²) in [6.45, 7) is 17.1. The van der Waals surface area contributed by atoms with Crippen LogP contribution in [0.5, 0.6) is 5.75 Å².